The normalized spacial score (nSPS) is 13.6. The molecule has 3 unspecified atom stereocenters. The highest BCUT2D eigenvalue weighted by Gasteiger charge is 2.23. The van der Waals surface area contributed by atoms with Crippen LogP contribution in [0.25, 0.3) is 0 Å². The van der Waals surface area contributed by atoms with Crippen molar-refractivity contribution in [1.82, 2.24) is 5.32 Å². The van der Waals surface area contributed by atoms with Gasteiger partial charge in [0.1, 0.15) is 6.10 Å². The van der Waals surface area contributed by atoms with Crippen molar-refractivity contribution in [2.75, 3.05) is 6.61 Å². The van der Waals surface area contributed by atoms with Crippen molar-refractivity contribution < 1.29 is 24.5 Å². The summed E-state index contributed by atoms with van der Waals surface area (Å²) in [6.45, 7) is 6.44. The fraction of sp³-hybridized carbons (Fsp3) is 0.800. The molecule has 0 radical (unpaired) electrons. The average Bonchev–Trinajstić information content (AvgIpc) is 3.31. The van der Waals surface area contributed by atoms with Crippen molar-refractivity contribution in [3.05, 3.63) is 60.8 Å². The number of hydrogen-bond donors (Lipinski definition) is 3. The van der Waals surface area contributed by atoms with E-state index in [1.165, 1.54) is 180 Å². The van der Waals surface area contributed by atoms with Crippen molar-refractivity contribution in [2.24, 2.45) is 0 Å². The third-order valence-corrected chi connectivity index (χ3v) is 12.8. The molecule has 0 aromatic rings. The Morgan fingerprint density at radius 3 is 1.26 bits per heavy atom. The van der Waals surface area contributed by atoms with Crippen molar-refractivity contribution in [3.8, 4) is 0 Å². The number of amides is 1. The van der Waals surface area contributed by atoms with Crippen LogP contribution < -0.4 is 5.32 Å². The maximum Gasteiger partial charge on any atom is 0.306 e. The lowest BCUT2D eigenvalue weighted by atomic mass is 10.0. The van der Waals surface area contributed by atoms with Crippen LogP contribution >= 0.6 is 0 Å². The monoisotopic (exact) mass is 924 g/mol. The molecular weight excluding hydrogens is 815 g/mol. The highest BCUT2D eigenvalue weighted by Crippen LogP contribution is 2.17. The van der Waals surface area contributed by atoms with E-state index < -0.39 is 18.2 Å². The maximum atomic E-state index is 13.2. The number of carbonyl (C=O) groups is 2. The topological polar surface area (TPSA) is 95.9 Å². The number of ether oxygens (including phenoxy) is 1. The van der Waals surface area contributed by atoms with Crippen LogP contribution in [0.4, 0.5) is 0 Å². The van der Waals surface area contributed by atoms with Gasteiger partial charge in [0.2, 0.25) is 5.91 Å². The number of allylic oxidation sites excluding steroid dienone is 9. The zero-order valence-corrected chi connectivity index (χ0v) is 43.8. The van der Waals surface area contributed by atoms with Gasteiger partial charge in [0.05, 0.1) is 25.2 Å². The molecule has 0 aromatic heterocycles. The molecular formula is C60H109NO5. The minimum atomic E-state index is -0.812. The van der Waals surface area contributed by atoms with Gasteiger partial charge in [-0.15, -0.1) is 0 Å². The maximum absolute atomic E-state index is 13.2. The lowest BCUT2D eigenvalue weighted by Crippen LogP contribution is -2.46. The summed E-state index contributed by atoms with van der Waals surface area (Å²) >= 11 is 0. The number of unbranched alkanes of at least 4 members (excludes halogenated alkanes) is 30. The van der Waals surface area contributed by atoms with Gasteiger partial charge in [-0.1, -0.05) is 255 Å². The fourth-order valence-corrected chi connectivity index (χ4v) is 8.46. The quantitative estimate of drug-likeness (QED) is 0.0321. The standard InChI is InChI=1S/C60H109NO5/c1-4-7-10-13-16-19-22-25-27-28-29-30-32-35-38-41-44-47-50-53-60(65)66-56(51-48-45-42-39-36-34-31-26-23-20-17-14-11-8-5-2)54-59(64)61-57(55-62)58(63)52-49-46-43-40-37-33-24-21-18-15-12-9-6-3/h17,20,25-27,31,36,39,45,48,56-58,62-63H,4-16,18-19,21-24,28-30,32-35,37-38,40-44,46-47,49-55H2,1-3H3,(H,61,64)/b20-17-,27-25+,31-26-,39-36-,48-45-. The van der Waals surface area contributed by atoms with Crippen LogP contribution in [0.3, 0.4) is 0 Å². The van der Waals surface area contributed by atoms with Gasteiger partial charge in [-0.2, -0.15) is 0 Å². The van der Waals surface area contributed by atoms with E-state index in [1.54, 1.807) is 0 Å². The second kappa shape index (κ2) is 53.5. The molecule has 0 aliphatic carbocycles. The summed E-state index contributed by atoms with van der Waals surface area (Å²) in [4.78, 5) is 26.2. The third-order valence-electron chi connectivity index (χ3n) is 12.8. The Morgan fingerprint density at radius 2 is 0.803 bits per heavy atom. The molecule has 0 aliphatic rings. The number of esters is 1. The zero-order valence-electron chi connectivity index (χ0n) is 43.8. The first kappa shape index (κ1) is 63.6. The van der Waals surface area contributed by atoms with E-state index in [2.05, 4.69) is 80.8 Å². The fourth-order valence-electron chi connectivity index (χ4n) is 8.46. The van der Waals surface area contributed by atoms with E-state index in [-0.39, 0.29) is 24.9 Å². The Labute approximate surface area is 409 Å². The number of carbonyl (C=O) groups excluding carboxylic acids is 2. The van der Waals surface area contributed by atoms with Crippen LogP contribution in [-0.4, -0.2) is 46.9 Å². The SMILES string of the molecule is CCCCC/C=C\C/C=C\C/C=C\C/C=C\CC(CC(=O)NC(CO)C(O)CCCCCCCCCCCCCCC)OC(=O)CCCCCCCCCCC/C=C/CCCCCCCC. The van der Waals surface area contributed by atoms with Gasteiger partial charge in [0, 0.05) is 12.8 Å². The Bertz CT molecular complexity index is 1170. The molecule has 66 heavy (non-hydrogen) atoms. The first-order chi connectivity index (χ1) is 32.5. The largest absolute Gasteiger partial charge is 0.461 e. The molecule has 3 atom stereocenters. The lowest BCUT2D eigenvalue weighted by Gasteiger charge is -2.24. The van der Waals surface area contributed by atoms with E-state index in [0.717, 1.165) is 57.8 Å². The smallest absolute Gasteiger partial charge is 0.306 e. The van der Waals surface area contributed by atoms with Gasteiger partial charge >= 0.3 is 5.97 Å². The van der Waals surface area contributed by atoms with E-state index in [1.807, 2.05) is 6.08 Å². The number of aliphatic hydroxyl groups is 2. The number of hydrogen-bond acceptors (Lipinski definition) is 5. The summed E-state index contributed by atoms with van der Waals surface area (Å²) < 4.78 is 5.89. The Hall–Kier alpha value is -2.44. The van der Waals surface area contributed by atoms with E-state index in [9.17, 15) is 19.8 Å². The minimum absolute atomic E-state index is 0.00120. The van der Waals surface area contributed by atoms with Crippen molar-refractivity contribution in [2.45, 2.75) is 302 Å². The molecule has 0 spiro atoms. The van der Waals surface area contributed by atoms with Gasteiger partial charge in [0.15, 0.2) is 0 Å². The van der Waals surface area contributed by atoms with E-state index >= 15 is 0 Å². The van der Waals surface area contributed by atoms with Gasteiger partial charge < -0.3 is 20.3 Å². The molecule has 0 heterocycles. The van der Waals surface area contributed by atoms with Crippen LogP contribution in [0.2, 0.25) is 0 Å². The molecule has 384 valence electrons. The predicted octanol–water partition coefficient (Wildman–Crippen LogP) is 17.6. The molecule has 0 aliphatic heterocycles. The molecule has 1 amide bonds. The highest BCUT2D eigenvalue weighted by atomic mass is 16.5. The highest BCUT2D eigenvalue weighted by molar-refractivity contribution is 5.77. The summed E-state index contributed by atoms with van der Waals surface area (Å²) in [5.74, 6) is -0.571. The van der Waals surface area contributed by atoms with Gasteiger partial charge in [-0.3, -0.25) is 9.59 Å². The van der Waals surface area contributed by atoms with Crippen molar-refractivity contribution >= 4 is 11.9 Å². The Morgan fingerprint density at radius 1 is 0.455 bits per heavy atom. The molecule has 0 bridgehead atoms. The van der Waals surface area contributed by atoms with E-state index in [4.69, 9.17) is 4.74 Å². The van der Waals surface area contributed by atoms with Crippen molar-refractivity contribution in [1.29, 1.82) is 0 Å². The van der Waals surface area contributed by atoms with Crippen LogP contribution in [0.15, 0.2) is 60.8 Å². The number of rotatable bonds is 51. The minimum Gasteiger partial charge on any atom is -0.461 e. The molecule has 3 N–H and O–H groups in total. The first-order valence-corrected chi connectivity index (χ1v) is 28.5. The first-order valence-electron chi connectivity index (χ1n) is 28.5. The van der Waals surface area contributed by atoms with Crippen LogP contribution in [0.1, 0.15) is 284 Å². The Kier molecular flexibility index (Phi) is 51.5. The predicted molar refractivity (Wildman–Crippen MR) is 287 cm³/mol. The summed E-state index contributed by atoms with van der Waals surface area (Å²) in [7, 11) is 0. The lowest BCUT2D eigenvalue weighted by molar-refractivity contribution is -0.150. The summed E-state index contributed by atoms with van der Waals surface area (Å²) in [5.41, 5.74) is 0. The Balaban J connectivity index is 4.64. The van der Waals surface area contributed by atoms with Gasteiger partial charge in [0.25, 0.3) is 0 Å². The van der Waals surface area contributed by atoms with Crippen molar-refractivity contribution in [3.63, 3.8) is 0 Å². The summed E-state index contributed by atoms with van der Waals surface area (Å²) in [5, 5.41) is 23.8. The van der Waals surface area contributed by atoms with Crippen LogP contribution in [0, 0.1) is 0 Å². The molecule has 0 rings (SSSR count). The number of nitrogens with one attached hydrogen (secondary N) is 1. The molecule has 0 saturated heterocycles. The molecule has 0 saturated carbocycles. The summed E-state index contributed by atoms with van der Waals surface area (Å²) in [6, 6.07) is -0.732. The average molecular weight is 925 g/mol. The third kappa shape index (κ3) is 48.0. The second-order valence-electron chi connectivity index (χ2n) is 19.3. The van der Waals surface area contributed by atoms with E-state index in [0.29, 0.717) is 19.3 Å². The zero-order chi connectivity index (χ0) is 48.1. The number of aliphatic hydroxyl groups excluding tert-OH is 2. The molecule has 6 nitrogen and oxygen atoms in total. The van der Waals surface area contributed by atoms with Crippen LogP contribution in [0.5, 0.6) is 0 Å². The molecule has 0 fully saturated rings. The van der Waals surface area contributed by atoms with Gasteiger partial charge in [-0.25, -0.2) is 0 Å². The molecule has 6 heteroatoms. The summed E-state index contributed by atoms with van der Waals surface area (Å²) in [6.07, 6.45) is 67.3. The van der Waals surface area contributed by atoms with Gasteiger partial charge in [-0.05, 0) is 70.6 Å². The second-order valence-corrected chi connectivity index (χ2v) is 19.3. The van der Waals surface area contributed by atoms with Crippen LogP contribution in [-0.2, 0) is 14.3 Å². The molecule has 0 aromatic carbocycles.